The maximum absolute atomic E-state index is 5.94. The van der Waals surface area contributed by atoms with Crippen LogP contribution in [-0.4, -0.2) is 5.88 Å². The van der Waals surface area contributed by atoms with Crippen LogP contribution in [0.1, 0.15) is 25.0 Å². The summed E-state index contributed by atoms with van der Waals surface area (Å²) < 4.78 is 5.31. The average Bonchev–Trinajstić information content (AvgIpc) is 2.49. The van der Waals surface area contributed by atoms with E-state index in [1.54, 1.807) is 6.26 Å². The van der Waals surface area contributed by atoms with Crippen LogP contribution in [0, 0.1) is 5.41 Å². The van der Waals surface area contributed by atoms with Gasteiger partial charge in [0.15, 0.2) is 0 Å². The molecule has 0 N–H and O–H groups in total. The summed E-state index contributed by atoms with van der Waals surface area (Å²) in [5, 5.41) is 0. The fourth-order valence-electron chi connectivity index (χ4n) is 1.82. The molecule has 1 aromatic rings. The molecule has 0 saturated heterocycles. The molecule has 0 spiro atoms. The molecule has 2 heteroatoms. The molecule has 0 radical (unpaired) electrons. The number of rotatable bonds is 3. The summed E-state index contributed by atoms with van der Waals surface area (Å²) >= 11 is 5.94. The number of furan rings is 1. The summed E-state index contributed by atoms with van der Waals surface area (Å²) in [7, 11) is 0. The highest BCUT2D eigenvalue weighted by atomic mass is 35.5. The molecule has 66 valence electrons. The third kappa shape index (κ3) is 1.38. The van der Waals surface area contributed by atoms with Crippen molar-refractivity contribution in [3.8, 4) is 0 Å². The van der Waals surface area contributed by atoms with Gasteiger partial charge >= 0.3 is 0 Å². The lowest BCUT2D eigenvalue weighted by Gasteiger charge is -2.39. The van der Waals surface area contributed by atoms with Crippen LogP contribution in [0.5, 0.6) is 0 Å². The lowest BCUT2D eigenvalue weighted by atomic mass is 9.68. The van der Waals surface area contributed by atoms with Gasteiger partial charge in [-0.1, -0.05) is 6.42 Å². The molecular weight excluding hydrogens is 172 g/mol. The summed E-state index contributed by atoms with van der Waals surface area (Å²) in [6, 6.07) is 3.97. The molecule has 2 rings (SSSR count). The molecule has 0 atom stereocenters. The second-order valence-electron chi connectivity index (χ2n) is 3.74. The van der Waals surface area contributed by atoms with Crippen molar-refractivity contribution in [3.05, 3.63) is 24.2 Å². The van der Waals surface area contributed by atoms with Crippen LogP contribution in [0.3, 0.4) is 0 Å². The summed E-state index contributed by atoms with van der Waals surface area (Å²) in [6.07, 6.45) is 6.60. The van der Waals surface area contributed by atoms with Crippen molar-refractivity contribution in [3.63, 3.8) is 0 Å². The van der Waals surface area contributed by atoms with Crippen molar-refractivity contribution in [1.82, 2.24) is 0 Å². The van der Waals surface area contributed by atoms with Gasteiger partial charge in [0, 0.05) is 12.3 Å². The van der Waals surface area contributed by atoms with Crippen molar-refractivity contribution >= 4 is 11.6 Å². The second-order valence-corrected chi connectivity index (χ2v) is 4.01. The lowest BCUT2D eigenvalue weighted by molar-refractivity contribution is 0.155. The van der Waals surface area contributed by atoms with E-state index in [1.165, 1.54) is 19.3 Å². The van der Waals surface area contributed by atoms with Gasteiger partial charge in [-0.15, -0.1) is 11.6 Å². The zero-order chi connectivity index (χ0) is 8.44. The number of hydrogen-bond donors (Lipinski definition) is 0. The van der Waals surface area contributed by atoms with E-state index in [0.717, 1.165) is 18.1 Å². The van der Waals surface area contributed by atoms with Crippen LogP contribution in [0.4, 0.5) is 0 Å². The first-order chi connectivity index (χ1) is 5.85. The Hall–Kier alpha value is -0.430. The first-order valence-electron chi connectivity index (χ1n) is 4.43. The minimum absolute atomic E-state index is 0.361. The molecule has 1 aliphatic rings. The van der Waals surface area contributed by atoms with E-state index < -0.39 is 0 Å². The Bertz CT molecular complexity index is 231. The van der Waals surface area contributed by atoms with E-state index in [9.17, 15) is 0 Å². The molecule has 1 heterocycles. The van der Waals surface area contributed by atoms with Gasteiger partial charge in [-0.25, -0.2) is 0 Å². The standard InChI is InChI=1S/C10H13ClO/c11-8-10(4-2-5-10)7-9-3-1-6-12-9/h1,3,6H,2,4-5,7-8H2. The molecule has 0 amide bonds. The van der Waals surface area contributed by atoms with E-state index in [0.29, 0.717) is 5.41 Å². The highest BCUT2D eigenvalue weighted by Crippen LogP contribution is 2.44. The second kappa shape index (κ2) is 3.14. The molecule has 0 aromatic carbocycles. The Morgan fingerprint density at radius 2 is 2.33 bits per heavy atom. The molecule has 1 nitrogen and oxygen atoms in total. The summed E-state index contributed by atoms with van der Waals surface area (Å²) in [5.74, 6) is 1.85. The third-order valence-corrected chi connectivity index (χ3v) is 3.39. The zero-order valence-corrected chi connectivity index (χ0v) is 7.81. The van der Waals surface area contributed by atoms with Gasteiger partial charge in [0.2, 0.25) is 0 Å². The first-order valence-corrected chi connectivity index (χ1v) is 4.96. The Labute approximate surface area is 77.7 Å². The topological polar surface area (TPSA) is 13.1 Å². The van der Waals surface area contributed by atoms with Gasteiger partial charge in [-0.3, -0.25) is 0 Å². The van der Waals surface area contributed by atoms with Gasteiger partial charge in [-0.05, 0) is 30.4 Å². The van der Waals surface area contributed by atoms with Gasteiger partial charge in [0.1, 0.15) is 5.76 Å². The quantitative estimate of drug-likeness (QED) is 0.658. The predicted molar refractivity (Wildman–Crippen MR) is 49.4 cm³/mol. The number of halogens is 1. The van der Waals surface area contributed by atoms with E-state index in [-0.39, 0.29) is 0 Å². The van der Waals surface area contributed by atoms with Crippen molar-refractivity contribution in [2.24, 2.45) is 5.41 Å². The molecule has 1 aromatic heterocycles. The van der Waals surface area contributed by atoms with Gasteiger partial charge in [0.05, 0.1) is 6.26 Å². The van der Waals surface area contributed by atoms with Crippen LogP contribution in [0.15, 0.2) is 22.8 Å². The molecule has 1 fully saturated rings. The maximum atomic E-state index is 5.94. The smallest absolute Gasteiger partial charge is 0.104 e. The van der Waals surface area contributed by atoms with Crippen molar-refractivity contribution < 1.29 is 4.42 Å². The van der Waals surface area contributed by atoms with E-state index in [1.807, 2.05) is 12.1 Å². The molecule has 1 aliphatic carbocycles. The van der Waals surface area contributed by atoms with E-state index in [4.69, 9.17) is 16.0 Å². The highest BCUT2D eigenvalue weighted by Gasteiger charge is 2.36. The monoisotopic (exact) mass is 184 g/mol. The molecule has 1 saturated carbocycles. The average molecular weight is 185 g/mol. The summed E-state index contributed by atoms with van der Waals surface area (Å²) in [4.78, 5) is 0. The summed E-state index contributed by atoms with van der Waals surface area (Å²) in [6.45, 7) is 0. The molecule has 0 unspecified atom stereocenters. The van der Waals surface area contributed by atoms with Gasteiger partial charge < -0.3 is 4.42 Å². The third-order valence-electron chi connectivity index (χ3n) is 2.83. The van der Waals surface area contributed by atoms with Crippen molar-refractivity contribution in [2.45, 2.75) is 25.7 Å². The number of alkyl halides is 1. The molecule has 0 bridgehead atoms. The van der Waals surface area contributed by atoms with Crippen LogP contribution in [0.2, 0.25) is 0 Å². The Morgan fingerprint density at radius 1 is 1.50 bits per heavy atom. The van der Waals surface area contributed by atoms with E-state index >= 15 is 0 Å². The fourth-order valence-corrected chi connectivity index (χ4v) is 2.18. The van der Waals surface area contributed by atoms with Gasteiger partial charge in [0.25, 0.3) is 0 Å². The highest BCUT2D eigenvalue weighted by molar-refractivity contribution is 6.18. The summed E-state index contributed by atoms with van der Waals surface area (Å²) in [5.41, 5.74) is 0.361. The molecule has 12 heavy (non-hydrogen) atoms. The van der Waals surface area contributed by atoms with Crippen molar-refractivity contribution in [2.75, 3.05) is 5.88 Å². The minimum Gasteiger partial charge on any atom is -0.469 e. The Balaban J connectivity index is 2.01. The van der Waals surface area contributed by atoms with Crippen LogP contribution in [0.25, 0.3) is 0 Å². The molecular formula is C10H13ClO. The SMILES string of the molecule is ClCC1(Cc2ccco2)CCC1. The lowest BCUT2D eigenvalue weighted by Crippen LogP contribution is -2.33. The van der Waals surface area contributed by atoms with Crippen LogP contribution in [-0.2, 0) is 6.42 Å². The largest absolute Gasteiger partial charge is 0.469 e. The van der Waals surface area contributed by atoms with Crippen LogP contribution < -0.4 is 0 Å². The Morgan fingerprint density at radius 3 is 2.75 bits per heavy atom. The van der Waals surface area contributed by atoms with Crippen molar-refractivity contribution in [1.29, 1.82) is 0 Å². The minimum atomic E-state index is 0.361. The fraction of sp³-hybridized carbons (Fsp3) is 0.600. The van der Waals surface area contributed by atoms with Gasteiger partial charge in [-0.2, -0.15) is 0 Å². The number of hydrogen-bond acceptors (Lipinski definition) is 1. The first kappa shape index (κ1) is 8.18. The van der Waals surface area contributed by atoms with E-state index in [2.05, 4.69) is 0 Å². The zero-order valence-electron chi connectivity index (χ0n) is 7.05. The maximum Gasteiger partial charge on any atom is 0.104 e. The van der Waals surface area contributed by atoms with Crippen LogP contribution >= 0.6 is 11.6 Å². The normalized spacial score (nSPS) is 20.4. The molecule has 0 aliphatic heterocycles. The predicted octanol–water partition coefficient (Wildman–Crippen LogP) is 3.23. The Kier molecular flexibility index (Phi) is 2.14.